The SMILES string of the molecule is COc1cc(Cl)ccc1C(=O)N(CCC(N)=O)c1cccc(C)c1. The Morgan fingerprint density at radius 2 is 1.96 bits per heavy atom. The van der Waals surface area contributed by atoms with E-state index in [4.69, 9.17) is 22.1 Å². The fourth-order valence-corrected chi connectivity index (χ4v) is 2.51. The third-order valence-electron chi connectivity index (χ3n) is 3.53. The van der Waals surface area contributed by atoms with Crippen LogP contribution in [-0.4, -0.2) is 25.5 Å². The molecule has 126 valence electrons. The lowest BCUT2D eigenvalue weighted by Crippen LogP contribution is -2.34. The number of rotatable bonds is 6. The highest BCUT2D eigenvalue weighted by Gasteiger charge is 2.22. The van der Waals surface area contributed by atoms with Crippen LogP contribution in [0.4, 0.5) is 5.69 Å². The van der Waals surface area contributed by atoms with Crippen LogP contribution in [0.3, 0.4) is 0 Å². The molecule has 2 aromatic rings. The van der Waals surface area contributed by atoms with Crippen molar-refractivity contribution in [1.82, 2.24) is 0 Å². The number of hydrogen-bond acceptors (Lipinski definition) is 3. The Morgan fingerprint density at radius 3 is 2.58 bits per heavy atom. The Morgan fingerprint density at radius 1 is 1.21 bits per heavy atom. The van der Waals surface area contributed by atoms with Crippen molar-refractivity contribution in [2.75, 3.05) is 18.6 Å². The van der Waals surface area contributed by atoms with E-state index in [2.05, 4.69) is 0 Å². The van der Waals surface area contributed by atoms with Crippen LogP contribution < -0.4 is 15.4 Å². The molecule has 0 fully saturated rings. The number of hydrogen-bond donors (Lipinski definition) is 1. The number of aryl methyl sites for hydroxylation is 1. The number of amides is 2. The van der Waals surface area contributed by atoms with E-state index in [-0.39, 0.29) is 18.9 Å². The smallest absolute Gasteiger partial charge is 0.262 e. The van der Waals surface area contributed by atoms with E-state index in [1.165, 1.54) is 12.0 Å². The molecule has 0 radical (unpaired) electrons. The molecule has 0 bridgehead atoms. The molecule has 0 aliphatic rings. The van der Waals surface area contributed by atoms with E-state index >= 15 is 0 Å². The summed E-state index contributed by atoms with van der Waals surface area (Å²) in [6.07, 6.45) is 0.0651. The van der Waals surface area contributed by atoms with Gasteiger partial charge in [-0.25, -0.2) is 0 Å². The first-order valence-electron chi connectivity index (χ1n) is 7.42. The number of benzene rings is 2. The first-order chi connectivity index (χ1) is 11.4. The lowest BCUT2D eigenvalue weighted by molar-refractivity contribution is -0.117. The minimum Gasteiger partial charge on any atom is -0.496 e. The molecule has 0 aliphatic heterocycles. The summed E-state index contributed by atoms with van der Waals surface area (Å²) in [6.45, 7) is 2.12. The summed E-state index contributed by atoms with van der Waals surface area (Å²) in [5.41, 5.74) is 7.31. The summed E-state index contributed by atoms with van der Waals surface area (Å²) in [6, 6.07) is 12.3. The summed E-state index contributed by atoms with van der Waals surface area (Å²) in [5, 5.41) is 0.475. The van der Waals surface area contributed by atoms with Crippen LogP contribution in [0.2, 0.25) is 5.02 Å². The number of carbonyl (C=O) groups excluding carboxylic acids is 2. The maximum absolute atomic E-state index is 13.0. The Kier molecular flexibility index (Phi) is 5.82. The molecular weight excluding hydrogens is 328 g/mol. The quantitative estimate of drug-likeness (QED) is 0.873. The summed E-state index contributed by atoms with van der Waals surface area (Å²) in [4.78, 5) is 25.7. The zero-order chi connectivity index (χ0) is 17.7. The molecule has 0 saturated heterocycles. The number of primary amides is 1. The first kappa shape index (κ1) is 17.8. The van der Waals surface area contributed by atoms with Gasteiger partial charge in [-0.1, -0.05) is 23.7 Å². The van der Waals surface area contributed by atoms with Crippen molar-refractivity contribution < 1.29 is 14.3 Å². The van der Waals surface area contributed by atoms with Crippen molar-refractivity contribution in [3.63, 3.8) is 0 Å². The van der Waals surface area contributed by atoms with Crippen LogP contribution in [0.5, 0.6) is 5.75 Å². The number of nitrogens with zero attached hydrogens (tertiary/aromatic N) is 1. The van der Waals surface area contributed by atoms with Gasteiger partial charge in [-0.15, -0.1) is 0 Å². The van der Waals surface area contributed by atoms with E-state index in [9.17, 15) is 9.59 Å². The van der Waals surface area contributed by atoms with Gasteiger partial charge < -0.3 is 15.4 Å². The monoisotopic (exact) mass is 346 g/mol. The number of halogens is 1. The van der Waals surface area contributed by atoms with Crippen LogP contribution >= 0.6 is 11.6 Å². The van der Waals surface area contributed by atoms with Crippen molar-refractivity contribution >= 4 is 29.1 Å². The summed E-state index contributed by atoms with van der Waals surface area (Å²) in [7, 11) is 1.48. The highest BCUT2D eigenvalue weighted by Crippen LogP contribution is 2.27. The molecule has 6 heteroatoms. The van der Waals surface area contributed by atoms with Crippen molar-refractivity contribution in [1.29, 1.82) is 0 Å². The number of nitrogens with two attached hydrogens (primary N) is 1. The number of ether oxygens (including phenoxy) is 1. The summed E-state index contributed by atoms with van der Waals surface area (Å²) < 4.78 is 5.26. The standard InChI is InChI=1S/C18H19ClN2O3/c1-12-4-3-5-14(10-12)21(9-8-17(20)22)18(23)15-7-6-13(19)11-16(15)24-2/h3-7,10-11H,8-9H2,1-2H3,(H2,20,22). The largest absolute Gasteiger partial charge is 0.496 e. The lowest BCUT2D eigenvalue weighted by atomic mass is 10.1. The molecule has 0 aromatic heterocycles. The molecule has 24 heavy (non-hydrogen) atoms. The molecule has 2 amide bonds. The van der Waals surface area contributed by atoms with E-state index in [0.717, 1.165) is 5.56 Å². The zero-order valence-corrected chi connectivity index (χ0v) is 14.3. The van der Waals surface area contributed by atoms with E-state index in [0.29, 0.717) is 22.0 Å². The third kappa shape index (κ3) is 4.26. The highest BCUT2D eigenvalue weighted by molar-refractivity contribution is 6.31. The van der Waals surface area contributed by atoms with Crippen molar-refractivity contribution in [2.45, 2.75) is 13.3 Å². The van der Waals surface area contributed by atoms with Crippen LogP contribution in [0.15, 0.2) is 42.5 Å². The minimum atomic E-state index is -0.469. The first-order valence-corrected chi connectivity index (χ1v) is 7.80. The van der Waals surface area contributed by atoms with Gasteiger partial charge in [-0.3, -0.25) is 9.59 Å². The fraction of sp³-hybridized carbons (Fsp3) is 0.222. The van der Waals surface area contributed by atoms with Gasteiger partial charge in [0.1, 0.15) is 5.75 Å². The lowest BCUT2D eigenvalue weighted by Gasteiger charge is -2.24. The Hall–Kier alpha value is -2.53. The molecule has 0 aliphatic carbocycles. The summed E-state index contributed by atoms with van der Waals surface area (Å²) >= 11 is 5.95. The predicted octanol–water partition coefficient (Wildman–Crippen LogP) is 3.18. The zero-order valence-electron chi connectivity index (χ0n) is 13.6. The molecule has 2 N–H and O–H groups in total. The average Bonchev–Trinajstić information content (AvgIpc) is 2.54. The van der Waals surface area contributed by atoms with Gasteiger partial charge in [0, 0.05) is 23.7 Å². The molecule has 0 heterocycles. The highest BCUT2D eigenvalue weighted by atomic mass is 35.5. The molecule has 0 unspecified atom stereocenters. The molecule has 5 nitrogen and oxygen atoms in total. The van der Waals surface area contributed by atoms with Crippen LogP contribution in [0.1, 0.15) is 22.3 Å². The van der Waals surface area contributed by atoms with E-state index in [1.807, 2.05) is 31.2 Å². The predicted molar refractivity (Wildman–Crippen MR) is 94.7 cm³/mol. The maximum Gasteiger partial charge on any atom is 0.262 e. The van der Waals surface area contributed by atoms with Crippen molar-refractivity contribution in [2.24, 2.45) is 5.73 Å². The van der Waals surface area contributed by atoms with Crippen molar-refractivity contribution in [3.05, 3.63) is 58.6 Å². The van der Waals surface area contributed by atoms with E-state index < -0.39 is 5.91 Å². The van der Waals surface area contributed by atoms with Gasteiger partial charge >= 0.3 is 0 Å². The van der Waals surface area contributed by atoms with Crippen LogP contribution in [0.25, 0.3) is 0 Å². The summed E-state index contributed by atoms with van der Waals surface area (Å²) in [5.74, 6) is -0.372. The molecule has 0 spiro atoms. The van der Waals surface area contributed by atoms with Gasteiger partial charge in [-0.2, -0.15) is 0 Å². The van der Waals surface area contributed by atoms with Gasteiger partial charge in [0.2, 0.25) is 5.91 Å². The topological polar surface area (TPSA) is 72.6 Å². The second kappa shape index (κ2) is 7.84. The third-order valence-corrected chi connectivity index (χ3v) is 3.77. The Labute approximate surface area is 146 Å². The normalized spacial score (nSPS) is 10.3. The molecule has 2 rings (SSSR count). The van der Waals surface area contributed by atoms with Gasteiger partial charge in [0.05, 0.1) is 12.7 Å². The van der Waals surface area contributed by atoms with Crippen LogP contribution in [-0.2, 0) is 4.79 Å². The second-order valence-electron chi connectivity index (χ2n) is 5.36. The number of anilines is 1. The number of carbonyl (C=O) groups is 2. The second-order valence-corrected chi connectivity index (χ2v) is 5.79. The van der Waals surface area contributed by atoms with Gasteiger partial charge in [0.25, 0.3) is 5.91 Å². The average molecular weight is 347 g/mol. The molecule has 2 aromatic carbocycles. The van der Waals surface area contributed by atoms with Gasteiger partial charge in [-0.05, 0) is 42.8 Å². The number of methoxy groups -OCH3 is 1. The molecule has 0 saturated carbocycles. The maximum atomic E-state index is 13.0. The van der Waals surface area contributed by atoms with Gasteiger partial charge in [0.15, 0.2) is 0 Å². The minimum absolute atomic E-state index is 0.0651. The van der Waals surface area contributed by atoms with Crippen molar-refractivity contribution in [3.8, 4) is 5.75 Å². The van der Waals surface area contributed by atoms with Crippen LogP contribution in [0, 0.1) is 6.92 Å². The van der Waals surface area contributed by atoms with E-state index in [1.54, 1.807) is 18.2 Å². The Bertz CT molecular complexity index is 762. The fourth-order valence-electron chi connectivity index (χ4n) is 2.35. The Balaban J connectivity index is 2.42. The molecule has 0 atom stereocenters. The molecular formula is C18H19ClN2O3.